The van der Waals surface area contributed by atoms with Crippen LogP contribution in [0.4, 0.5) is 0 Å². The van der Waals surface area contributed by atoms with E-state index in [0.717, 1.165) is 44.9 Å². The van der Waals surface area contributed by atoms with Gasteiger partial charge in [-0.25, -0.2) is 4.57 Å². The lowest BCUT2D eigenvalue weighted by Gasteiger charge is -2.18. The molecule has 0 aliphatic heterocycles. The van der Waals surface area contributed by atoms with Crippen LogP contribution in [0.2, 0.25) is 0 Å². The zero-order valence-electron chi connectivity index (χ0n) is 33.6. The first-order valence-corrected chi connectivity index (χ1v) is 22.1. The molecule has 0 amide bonds. The smallest absolute Gasteiger partial charge is 0.462 e. The number of unbranched alkanes of at least 4 members (excludes halogenated alkanes) is 10. The number of phosphoric ester groups is 1. The van der Waals surface area contributed by atoms with Crippen LogP contribution in [-0.4, -0.2) is 41.0 Å². The van der Waals surface area contributed by atoms with Crippen molar-refractivity contribution in [3.8, 4) is 0 Å². The van der Waals surface area contributed by atoms with Gasteiger partial charge in [-0.1, -0.05) is 156 Å². The van der Waals surface area contributed by atoms with Gasteiger partial charge < -0.3 is 19.3 Å². The highest BCUT2D eigenvalue weighted by Gasteiger charge is 2.22. The molecule has 0 spiro atoms. The summed E-state index contributed by atoms with van der Waals surface area (Å²) in [7, 11) is -4.79. The van der Waals surface area contributed by atoms with E-state index in [4.69, 9.17) is 19.3 Å². The fourth-order valence-electron chi connectivity index (χ4n) is 5.02. The van der Waals surface area contributed by atoms with Crippen molar-refractivity contribution in [3.05, 3.63) is 97.2 Å². The maximum absolute atomic E-state index is 12.4. The van der Waals surface area contributed by atoms with Crippen molar-refractivity contribution in [3.63, 3.8) is 0 Å². The Morgan fingerprint density at radius 2 is 0.870 bits per heavy atom. The molecule has 9 heteroatoms. The number of phosphoric acid groups is 1. The average molecular weight is 773 g/mol. The van der Waals surface area contributed by atoms with Crippen molar-refractivity contribution in [2.24, 2.45) is 0 Å². The predicted octanol–water partition coefficient (Wildman–Crippen LogP) is 12.6. The van der Waals surface area contributed by atoms with Crippen LogP contribution in [0.3, 0.4) is 0 Å². The lowest BCUT2D eigenvalue weighted by molar-refractivity contribution is -0.161. The van der Waals surface area contributed by atoms with Crippen LogP contribution in [0.1, 0.15) is 155 Å². The van der Waals surface area contributed by atoms with E-state index in [1.165, 1.54) is 64.2 Å². The van der Waals surface area contributed by atoms with Gasteiger partial charge >= 0.3 is 19.8 Å². The molecule has 306 valence electrons. The Morgan fingerprint density at radius 3 is 1.35 bits per heavy atom. The van der Waals surface area contributed by atoms with E-state index in [-0.39, 0.29) is 19.4 Å². The van der Waals surface area contributed by atoms with Crippen molar-refractivity contribution >= 4 is 19.8 Å². The summed E-state index contributed by atoms with van der Waals surface area (Å²) in [5.41, 5.74) is 0. The summed E-state index contributed by atoms with van der Waals surface area (Å²) in [6.07, 6.45) is 54.3. The van der Waals surface area contributed by atoms with E-state index in [1.807, 2.05) is 18.2 Å². The zero-order chi connectivity index (χ0) is 39.6. The second-order valence-electron chi connectivity index (χ2n) is 13.2. The molecule has 0 aromatic carbocycles. The summed E-state index contributed by atoms with van der Waals surface area (Å²) in [6, 6.07) is 0. The minimum absolute atomic E-state index is 0.119. The van der Waals surface area contributed by atoms with Crippen LogP contribution in [-0.2, 0) is 28.2 Å². The van der Waals surface area contributed by atoms with Crippen molar-refractivity contribution in [1.82, 2.24) is 0 Å². The lowest BCUT2D eigenvalue weighted by atomic mass is 10.1. The summed E-state index contributed by atoms with van der Waals surface area (Å²) < 4.78 is 26.2. The molecule has 0 aromatic heterocycles. The Hall–Kier alpha value is -3.03. The second-order valence-corrected chi connectivity index (χ2v) is 14.5. The molecule has 0 saturated carbocycles. The van der Waals surface area contributed by atoms with Crippen molar-refractivity contribution < 1.29 is 37.9 Å². The maximum Gasteiger partial charge on any atom is 0.469 e. The summed E-state index contributed by atoms with van der Waals surface area (Å²) in [6.45, 7) is 3.53. The molecule has 0 aromatic rings. The van der Waals surface area contributed by atoms with Crippen LogP contribution in [0.25, 0.3) is 0 Å². The highest BCUT2D eigenvalue weighted by atomic mass is 31.2. The van der Waals surface area contributed by atoms with Crippen molar-refractivity contribution in [2.45, 2.75) is 161 Å². The molecule has 1 atom stereocenters. The number of hydrogen-bond donors (Lipinski definition) is 2. The molecule has 0 unspecified atom stereocenters. The third kappa shape index (κ3) is 41.7. The van der Waals surface area contributed by atoms with E-state index in [9.17, 15) is 14.2 Å². The molecule has 2 N–H and O–H groups in total. The number of rotatable bonds is 36. The Morgan fingerprint density at radius 1 is 0.481 bits per heavy atom. The quantitative estimate of drug-likeness (QED) is 0.0280. The minimum Gasteiger partial charge on any atom is -0.462 e. The topological polar surface area (TPSA) is 119 Å². The zero-order valence-corrected chi connectivity index (χ0v) is 34.5. The first-order valence-electron chi connectivity index (χ1n) is 20.5. The van der Waals surface area contributed by atoms with Gasteiger partial charge in [0, 0.05) is 12.8 Å². The third-order valence-corrected chi connectivity index (χ3v) is 8.57. The molecule has 54 heavy (non-hydrogen) atoms. The summed E-state index contributed by atoms with van der Waals surface area (Å²) in [5.74, 6) is -1.05. The number of hydrogen-bond acceptors (Lipinski definition) is 6. The number of carbonyl (C=O) groups excluding carboxylic acids is 2. The Kier molecular flexibility index (Phi) is 37.4. The Bertz CT molecular complexity index is 1190. The standard InChI is InChI=1S/C45H73O8P/c1-3-5-7-9-11-13-15-17-19-21-22-24-25-27-29-31-33-35-37-39-44(46)51-41-43(42-52-54(48,49)50)53-45(47)40-38-36-34-32-30-28-26-23-20-18-16-14-12-10-8-6-4-2/h11,13,17-20,22,24,26-29,32-35,43H,3-10,12,14-16,21,23,25,30-31,36-42H2,1-2H3,(H2,48,49,50)/b13-11-,19-17-,20-18-,24-22-,28-26-,29-27-,34-32-,35-33-/t43-/m1/s1. The van der Waals surface area contributed by atoms with Crippen LogP contribution >= 0.6 is 7.82 Å². The number of allylic oxidation sites excluding steroid dienone is 16. The van der Waals surface area contributed by atoms with Crippen LogP contribution in [0.5, 0.6) is 0 Å². The SMILES string of the molecule is CCCCC/C=C\C/C=C\C/C=C\C/C=C\C/C=C\CCC(=O)OC[C@H](COP(=O)(O)O)OC(=O)CCC/C=C\C/C=C\C/C=C\CCCCCCCC. The van der Waals surface area contributed by atoms with E-state index >= 15 is 0 Å². The summed E-state index contributed by atoms with van der Waals surface area (Å²) >= 11 is 0. The van der Waals surface area contributed by atoms with Gasteiger partial charge in [0.05, 0.1) is 6.61 Å². The van der Waals surface area contributed by atoms with Gasteiger partial charge in [-0.2, -0.15) is 0 Å². The highest BCUT2D eigenvalue weighted by molar-refractivity contribution is 7.46. The first-order chi connectivity index (χ1) is 26.3. The number of ether oxygens (including phenoxy) is 2. The van der Waals surface area contributed by atoms with Crippen LogP contribution < -0.4 is 0 Å². The molecule has 0 aliphatic carbocycles. The van der Waals surface area contributed by atoms with Gasteiger partial charge in [0.25, 0.3) is 0 Å². The predicted molar refractivity (Wildman–Crippen MR) is 225 cm³/mol. The van der Waals surface area contributed by atoms with Gasteiger partial charge in [-0.3, -0.25) is 14.1 Å². The Labute approximate surface area is 328 Å². The minimum atomic E-state index is -4.79. The first kappa shape index (κ1) is 51.0. The van der Waals surface area contributed by atoms with Crippen molar-refractivity contribution in [2.75, 3.05) is 13.2 Å². The molecule has 0 radical (unpaired) electrons. The van der Waals surface area contributed by atoms with Gasteiger partial charge in [-0.15, -0.1) is 0 Å². The number of esters is 2. The van der Waals surface area contributed by atoms with E-state index < -0.39 is 32.5 Å². The lowest BCUT2D eigenvalue weighted by Crippen LogP contribution is -2.29. The van der Waals surface area contributed by atoms with Crippen LogP contribution in [0.15, 0.2) is 97.2 Å². The maximum atomic E-state index is 12.4. The highest BCUT2D eigenvalue weighted by Crippen LogP contribution is 2.35. The van der Waals surface area contributed by atoms with Gasteiger partial charge in [0.2, 0.25) is 0 Å². The van der Waals surface area contributed by atoms with Crippen LogP contribution in [0, 0.1) is 0 Å². The molecule has 8 nitrogen and oxygen atoms in total. The van der Waals surface area contributed by atoms with E-state index in [2.05, 4.69) is 97.4 Å². The third-order valence-electron chi connectivity index (χ3n) is 8.09. The summed E-state index contributed by atoms with van der Waals surface area (Å²) in [5, 5.41) is 0. The van der Waals surface area contributed by atoms with Gasteiger partial charge in [-0.05, 0) is 83.5 Å². The summed E-state index contributed by atoms with van der Waals surface area (Å²) in [4.78, 5) is 42.7. The van der Waals surface area contributed by atoms with Gasteiger partial charge in [0.1, 0.15) is 6.61 Å². The Balaban J connectivity index is 4.17. The molecule has 0 fully saturated rings. The molecule has 0 heterocycles. The molecule has 0 saturated heterocycles. The fraction of sp³-hybridized carbons (Fsp3) is 0.600. The molecule has 0 rings (SSSR count). The van der Waals surface area contributed by atoms with E-state index in [1.54, 1.807) is 0 Å². The monoisotopic (exact) mass is 773 g/mol. The molecule has 0 aliphatic rings. The molecule has 0 bridgehead atoms. The normalized spacial score (nSPS) is 13.5. The second kappa shape index (κ2) is 39.7. The van der Waals surface area contributed by atoms with Gasteiger partial charge in [0.15, 0.2) is 6.10 Å². The average Bonchev–Trinajstić information content (AvgIpc) is 3.14. The fourth-order valence-corrected chi connectivity index (χ4v) is 5.38. The molecular formula is C45H73O8P. The molecular weight excluding hydrogens is 699 g/mol. The van der Waals surface area contributed by atoms with Crippen molar-refractivity contribution in [1.29, 1.82) is 0 Å². The number of carbonyl (C=O) groups is 2. The van der Waals surface area contributed by atoms with E-state index in [0.29, 0.717) is 19.3 Å². The largest absolute Gasteiger partial charge is 0.469 e.